The summed E-state index contributed by atoms with van der Waals surface area (Å²) in [7, 11) is 0. The fourth-order valence-corrected chi connectivity index (χ4v) is 4.24. The van der Waals surface area contributed by atoms with Gasteiger partial charge in [0.1, 0.15) is 5.00 Å². The van der Waals surface area contributed by atoms with E-state index in [1.807, 2.05) is 55.5 Å². The lowest BCUT2D eigenvalue weighted by Gasteiger charge is -2.07. The zero-order valence-corrected chi connectivity index (χ0v) is 18.5. The standard InChI is InChI=1S/C24H24N2O4S/c1-4-30-24(29)20-16(3)21(22(28)25-18-12-8-9-15(2)13-18)31-23(20)26-19(27)14-17-10-6-5-7-11-17/h5-13H,4,14H2,1-3H3,(H,25,28)(H,26,27). The molecule has 7 heteroatoms. The summed E-state index contributed by atoms with van der Waals surface area (Å²) in [6.45, 7) is 5.51. The Morgan fingerprint density at radius 1 is 0.968 bits per heavy atom. The van der Waals surface area contributed by atoms with Gasteiger partial charge >= 0.3 is 5.97 Å². The minimum atomic E-state index is -0.569. The van der Waals surface area contributed by atoms with Crippen molar-refractivity contribution in [3.05, 3.63) is 81.7 Å². The Balaban J connectivity index is 1.87. The molecule has 2 aromatic carbocycles. The number of carbonyl (C=O) groups is 3. The number of esters is 1. The molecule has 2 N–H and O–H groups in total. The van der Waals surface area contributed by atoms with Crippen LogP contribution in [0.25, 0.3) is 0 Å². The van der Waals surface area contributed by atoms with Gasteiger partial charge in [0, 0.05) is 5.69 Å². The van der Waals surface area contributed by atoms with E-state index in [0.29, 0.717) is 21.1 Å². The van der Waals surface area contributed by atoms with Gasteiger partial charge in [0.05, 0.1) is 23.5 Å². The van der Waals surface area contributed by atoms with Gasteiger partial charge < -0.3 is 15.4 Å². The van der Waals surface area contributed by atoms with Crippen molar-refractivity contribution in [1.82, 2.24) is 0 Å². The van der Waals surface area contributed by atoms with Crippen molar-refractivity contribution in [1.29, 1.82) is 0 Å². The molecule has 0 aliphatic heterocycles. The summed E-state index contributed by atoms with van der Waals surface area (Å²) in [5.41, 5.74) is 3.21. The van der Waals surface area contributed by atoms with Crippen molar-refractivity contribution in [3.8, 4) is 0 Å². The Hall–Kier alpha value is -3.45. The molecule has 3 aromatic rings. The number of hydrogen-bond donors (Lipinski definition) is 2. The van der Waals surface area contributed by atoms with Crippen LogP contribution in [0.1, 0.15) is 43.6 Å². The highest BCUT2D eigenvalue weighted by atomic mass is 32.1. The highest BCUT2D eigenvalue weighted by Crippen LogP contribution is 2.34. The predicted octanol–water partition coefficient (Wildman–Crippen LogP) is 4.98. The molecule has 0 atom stereocenters. The molecule has 3 rings (SSSR count). The molecule has 0 aliphatic carbocycles. The van der Waals surface area contributed by atoms with E-state index in [1.165, 1.54) is 0 Å². The molecular formula is C24H24N2O4S. The molecule has 0 saturated heterocycles. The van der Waals surface area contributed by atoms with Gasteiger partial charge in [0.25, 0.3) is 5.91 Å². The average Bonchev–Trinajstić information content (AvgIpc) is 3.04. The topological polar surface area (TPSA) is 84.5 Å². The average molecular weight is 437 g/mol. The largest absolute Gasteiger partial charge is 0.462 e. The van der Waals surface area contributed by atoms with E-state index in [-0.39, 0.29) is 30.4 Å². The second kappa shape index (κ2) is 10.0. The fourth-order valence-electron chi connectivity index (χ4n) is 3.13. The summed E-state index contributed by atoms with van der Waals surface area (Å²) in [5, 5.41) is 5.95. The van der Waals surface area contributed by atoms with Gasteiger partial charge in [-0.25, -0.2) is 4.79 Å². The first-order valence-corrected chi connectivity index (χ1v) is 10.7. The van der Waals surface area contributed by atoms with Crippen LogP contribution < -0.4 is 10.6 Å². The first-order valence-electron chi connectivity index (χ1n) is 9.91. The van der Waals surface area contributed by atoms with E-state index in [4.69, 9.17) is 4.74 Å². The summed E-state index contributed by atoms with van der Waals surface area (Å²) in [4.78, 5) is 38.4. The number of thiophene rings is 1. The first-order chi connectivity index (χ1) is 14.9. The van der Waals surface area contributed by atoms with Gasteiger partial charge in [-0.1, -0.05) is 42.5 Å². The molecule has 0 unspecified atom stereocenters. The van der Waals surface area contributed by atoms with Crippen molar-refractivity contribution >= 4 is 39.8 Å². The lowest BCUT2D eigenvalue weighted by Crippen LogP contribution is -2.16. The van der Waals surface area contributed by atoms with Crippen molar-refractivity contribution in [2.75, 3.05) is 17.2 Å². The number of anilines is 2. The number of rotatable bonds is 7. The summed E-state index contributed by atoms with van der Waals surface area (Å²) < 4.78 is 5.16. The van der Waals surface area contributed by atoms with Crippen molar-refractivity contribution < 1.29 is 19.1 Å². The molecule has 6 nitrogen and oxygen atoms in total. The van der Waals surface area contributed by atoms with Gasteiger partial charge in [-0.3, -0.25) is 9.59 Å². The Bertz CT molecular complexity index is 1110. The van der Waals surface area contributed by atoms with Crippen LogP contribution >= 0.6 is 11.3 Å². The Kier molecular flexibility index (Phi) is 7.20. The molecule has 0 spiro atoms. The molecule has 0 bridgehead atoms. The van der Waals surface area contributed by atoms with E-state index >= 15 is 0 Å². The number of ether oxygens (including phenoxy) is 1. The monoisotopic (exact) mass is 436 g/mol. The molecule has 0 fully saturated rings. The molecule has 1 heterocycles. The van der Waals surface area contributed by atoms with Crippen LogP contribution in [0.5, 0.6) is 0 Å². The molecule has 0 radical (unpaired) electrons. The van der Waals surface area contributed by atoms with Gasteiger partial charge in [0.15, 0.2) is 0 Å². The predicted molar refractivity (Wildman–Crippen MR) is 123 cm³/mol. The lowest BCUT2D eigenvalue weighted by atomic mass is 10.1. The van der Waals surface area contributed by atoms with E-state index in [1.54, 1.807) is 19.9 Å². The number of amides is 2. The number of hydrogen-bond acceptors (Lipinski definition) is 5. The van der Waals surface area contributed by atoms with Crippen LogP contribution in [0, 0.1) is 13.8 Å². The van der Waals surface area contributed by atoms with E-state index in [9.17, 15) is 14.4 Å². The maximum atomic E-state index is 12.9. The molecule has 160 valence electrons. The summed E-state index contributed by atoms with van der Waals surface area (Å²) in [5.74, 6) is -1.19. The molecule has 0 aliphatic rings. The third kappa shape index (κ3) is 5.58. The summed E-state index contributed by atoms with van der Waals surface area (Å²) in [6, 6.07) is 16.7. The number of benzene rings is 2. The zero-order chi connectivity index (χ0) is 22.4. The van der Waals surface area contributed by atoms with Gasteiger partial charge in [-0.2, -0.15) is 0 Å². The van der Waals surface area contributed by atoms with E-state index < -0.39 is 5.97 Å². The quantitative estimate of drug-likeness (QED) is 0.512. The van der Waals surface area contributed by atoms with Crippen LogP contribution in [0.3, 0.4) is 0 Å². The third-order valence-electron chi connectivity index (χ3n) is 4.57. The second-order valence-corrected chi connectivity index (χ2v) is 8.04. The Morgan fingerprint density at radius 3 is 2.39 bits per heavy atom. The normalized spacial score (nSPS) is 10.4. The minimum absolute atomic E-state index is 0.158. The number of nitrogens with one attached hydrogen (secondary N) is 2. The van der Waals surface area contributed by atoms with Crippen molar-refractivity contribution in [2.45, 2.75) is 27.2 Å². The lowest BCUT2D eigenvalue weighted by molar-refractivity contribution is -0.115. The van der Waals surface area contributed by atoms with Gasteiger partial charge in [-0.05, 0) is 49.6 Å². The second-order valence-electron chi connectivity index (χ2n) is 7.01. The maximum absolute atomic E-state index is 12.9. The van der Waals surface area contributed by atoms with Crippen molar-refractivity contribution in [3.63, 3.8) is 0 Å². The van der Waals surface area contributed by atoms with E-state index in [0.717, 1.165) is 22.5 Å². The van der Waals surface area contributed by atoms with Crippen LogP contribution in [0.4, 0.5) is 10.7 Å². The SMILES string of the molecule is CCOC(=O)c1c(NC(=O)Cc2ccccc2)sc(C(=O)Nc2cccc(C)c2)c1C. The van der Waals surface area contributed by atoms with Crippen LogP contribution in [0.2, 0.25) is 0 Å². The van der Waals surface area contributed by atoms with Crippen LogP contribution in [-0.4, -0.2) is 24.4 Å². The fraction of sp³-hybridized carbons (Fsp3) is 0.208. The molecular weight excluding hydrogens is 412 g/mol. The minimum Gasteiger partial charge on any atom is -0.462 e. The van der Waals surface area contributed by atoms with Gasteiger partial charge in [-0.15, -0.1) is 11.3 Å². The molecule has 1 aromatic heterocycles. The zero-order valence-electron chi connectivity index (χ0n) is 17.7. The summed E-state index contributed by atoms with van der Waals surface area (Å²) >= 11 is 1.07. The molecule has 31 heavy (non-hydrogen) atoms. The highest BCUT2D eigenvalue weighted by molar-refractivity contribution is 7.18. The Morgan fingerprint density at radius 2 is 1.71 bits per heavy atom. The van der Waals surface area contributed by atoms with Crippen LogP contribution in [0.15, 0.2) is 54.6 Å². The first kappa shape index (κ1) is 22.2. The molecule has 0 saturated carbocycles. The maximum Gasteiger partial charge on any atom is 0.341 e. The smallest absolute Gasteiger partial charge is 0.341 e. The molecule has 2 amide bonds. The van der Waals surface area contributed by atoms with Crippen LogP contribution in [-0.2, 0) is 16.0 Å². The Labute approximate surface area is 185 Å². The third-order valence-corrected chi connectivity index (χ3v) is 5.77. The number of aryl methyl sites for hydroxylation is 1. The number of carbonyl (C=O) groups excluding carboxylic acids is 3. The van der Waals surface area contributed by atoms with Crippen molar-refractivity contribution in [2.24, 2.45) is 0 Å². The van der Waals surface area contributed by atoms with E-state index in [2.05, 4.69) is 10.6 Å². The highest BCUT2D eigenvalue weighted by Gasteiger charge is 2.26. The summed E-state index contributed by atoms with van der Waals surface area (Å²) in [6.07, 6.45) is 0.158. The van der Waals surface area contributed by atoms with Gasteiger partial charge in [0.2, 0.25) is 5.91 Å².